The first-order valence-electron chi connectivity index (χ1n) is 18.7. The number of fused-ring (bicyclic) bond motifs is 6. The van der Waals surface area contributed by atoms with Crippen LogP contribution >= 0.6 is 0 Å². The number of aromatic nitrogens is 2. The molecule has 2 aromatic heterocycles. The molecule has 0 N–H and O–H groups in total. The number of nitrogens with zero attached hydrogens (tertiary/aromatic N) is 6. The van der Waals surface area contributed by atoms with Crippen LogP contribution in [0.3, 0.4) is 0 Å². The van der Waals surface area contributed by atoms with Crippen molar-refractivity contribution >= 4 is 55.0 Å². The van der Waals surface area contributed by atoms with Gasteiger partial charge in [0.25, 0.3) is 0 Å². The van der Waals surface area contributed by atoms with Gasteiger partial charge in [-0.15, -0.1) is 0 Å². The van der Waals surface area contributed by atoms with Crippen molar-refractivity contribution in [2.75, 3.05) is 0 Å². The third kappa shape index (κ3) is 5.38. The zero-order chi connectivity index (χ0) is 39.3. The summed E-state index contributed by atoms with van der Waals surface area (Å²) in [7, 11) is 0. The lowest BCUT2D eigenvalue weighted by atomic mass is 9.99. The molecular weight excluding hydrogens is 709 g/mol. The van der Waals surface area contributed by atoms with E-state index in [4.69, 9.17) is 13.1 Å². The van der Waals surface area contributed by atoms with E-state index in [9.17, 15) is 10.5 Å². The van der Waals surface area contributed by atoms with E-state index < -0.39 is 0 Å². The fraction of sp³-hybridized carbons (Fsp3) is 0. The number of hydrogen-bond donors (Lipinski definition) is 0. The van der Waals surface area contributed by atoms with Gasteiger partial charge in [-0.2, -0.15) is 10.5 Å². The van der Waals surface area contributed by atoms with Crippen LogP contribution in [0.25, 0.3) is 98.1 Å². The molecule has 0 aliphatic rings. The minimum atomic E-state index is 0.463. The largest absolute Gasteiger partial charge is 0.308 e. The topological polar surface area (TPSA) is 66.2 Å². The lowest BCUT2D eigenvalue weighted by molar-refractivity contribution is 1.10. The van der Waals surface area contributed by atoms with Crippen LogP contribution in [0.5, 0.6) is 0 Å². The van der Waals surface area contributed by atoms with Crippen LogP contribution < -0.4 is 0 Å². The first-order valence-corrected chi connectivity index (χ1v) is 18.7. The lowest BCUT2D eigenvalue weighted by Crippen LogP contribution is -2.04. The van der Waals surface area contributed by atoms with Crippen LogP contribution in [-0.4, -0.2) is 9.13 Å². The van der Waals surface area contributed by atoms with Gasteiger partial charge in [-0.25, -0.2) is 9.69 Å². The molecule has 0 unspecified atom stereocenters. The molecule has 0 bridgehead atoms. The summed E-state index contributed by atoms with van der Waals surface area (Å²) in [6.45, 7) is 16.0. The molecule has 2 heterocycles. The molecule has 0 saturated carbocycles. The van der Waals surface area contributed by atoms with Gasteiger partial charge in [0.1, 0.15) is 0 Å². The Hall–Kier alpha value is -8.68. The van der Waals surface area contributed by atoms with E-state index in [1.807, 2.05) is 78.9 Å². The van der Waals surface area contributed by atoms with Crippen LogP contribution in [-0.2, 0) is 0 Å². The summed E-state index contributed by atoms with van der Waals surface area (Å²) in [4.78, 5) is 7.72. The van der Waals surface area contributed by atoms with Crippen molar-refractivity contribution in [2.24, 2.45) is 0 Å². The van der Waals surface area contributed by atoms with E-state index in [-0.39, 0.29) is 0 Å². The van der Waals surface area contributed by atoms with Gasteiger partial charge in [0, 0.05) is 21.5 Å². The summed E-state index contributed by atoms with van der Waals surface area (Å²) in [5, 5.41) is 23.7. The molecule has 6 nitrogen and oxygen atoms in total. The molecular formula is C52H28N6. The van der Waals surface area contributed by atoms with Gasteiger partial charge >= 0.3 is 0 Å². The third-order valence-electron chi connectivity index (χ3n) is 11.0. The third-order valence-corrected chi connectivity index (χ3v) is 11.0. The van der Waals surface area contributed by atoms with Crippen LogP contribution in [0.4, 0.5) is 11.4 Å². The van der Waals surface area contributed by atoms with E-state index in [0.717, 1.165) is 88.4 Å². The molecule has 0 amide bonds. The maximum Gasteiger partial charge on any atom is 0.197 e. The highest BCUT2D eigenvalue weighted by Gasteiger charge is 2.23. The Kier molecular flexibility index (Phi) is 7.92. The Balaban J connectivity index is 1.34. The molecule has 0 aliphatic heterocycles. The van der Waals surface area contributed by atoms with Crippen molar-refractivity contribution in [3.63, 3.8) is 0 Å². The van der Waals surface area contributed by atoms with Crippen molar-refractivity contribution in [1.29, 1.82) is 10.5 Å². The molecule has 0 fully saturated rings. The van der Waals surface area contributed by atoms with Gasteiger partial charge in [0.2, 0.25) is 0 Å². The summed E-state index contributed by atoms with van der Waals surface area (Å²) in [5.74, 6) is 0. The average molecular weight is 737 g/mol. The van der Waals surface area contributed by atoms with Crippen LogP contribution in [0.2, 0.25) is 0 Å². The zero-order valence-corrected chi connectivity index (χ0v) is 30.8. The second kappa shape index (κ2) is 13.6. The summed E-state index contributed by atoms with van der Waals surface area (Å²) < 4.78 is 4.57. The van der Waals surface area contributed by atoms with Crippen LogP contribution in [0.1, 0.15) is 11.1 Å². The maximum atomic E-state index is 9.88. The van der Waals surface area contributed by atoms with Gasteiger partial charge in [0.05, 0.1) is 69.9 Å². The predicted molar refractivity (Wildman–Crippen MR) is 233 cm³/mol. The molecule has 10 rings (SSSR count). The quantitative estimate of drug-likeness (QED) is 0.165. The Bertz CT molecular complexity index is 3480. The smallest absolute Gasteiger partial charge is 0.197 e. The summed E-state index contributed by atoms with van der Waals surface area (Å²) in [6.07, 6.45) is 0. The van der Waals surface area contributed by atoms with Crippen molar-refractivity contribution in [2.45, 2.75) is 0 Å². The highest BCUT2D eigenvalue weighted by Crippen LogP contribution is 2.44. The predicted octanol–water partition coefficient (Wildman–Crippen LogP) is 13.7. The molecule has 266 valence electrons. The van der Waals surface area contributed by atoms with Gasteiger partial charge in [-0.3, -0.25) is 0 Å². The Morgan fingerprint density at radius 2 is 0.914 bits per heavy atom. The van der Waals surface area contributed by atoms with Crippen molar-refractivity contribution in [1.82, 2.24) is 9.13 Å². The van der Waals surface area contributed by atoms with E-state index >= 15 is 0 Å². The number of rotatable bonds is 5. The van der Waals surface area contributed by atoms with E-state index in [1.54, 1.807) is 6.07 Å². The first kappa shape index (κ1) is 33.9. The fourth-order valence-electron chi connectivity index (χ4n) is 8.29. The van der Waals surface area contributed by atoms with E-state index in [2.05, 4.69) is 116 Å². The lowest BCUT2D eigenvalue weighted by Gasteiger charge is -2.20. The standard InChI is InChI=1S/C52H28N6/c1-55-40-22-18-36(19-23-40)38-21-25-44-42-11-4-6-13-48(42)58(50(44)28-38)52-30-46(56-2)45(39-9-7-8-34(26-39)32-54)29-51(52)57-47-12-5-3-10-41(47)43-24-20-37(27-49(43)57)35-16-14-33(31-53)15-17-35/h3-30H. The van der Waals surface area contributed by atoms with Gasteiger partial charge in [-0.05, 0) is 94.0 Å². The van der Waals surface area contributed by atoms with Gasteiger partial charge in [-0.1, -0.05) is 109 Å². The molecule has 0 saturated heterocycles. The Morgan fingerprint density at radius 3 is 1.47 bits per heavy atom. The SMILES string of the molecule is [C-]#[N+]c1ccc(-c2ccc3c4ccccc4n(-c4cc([N+]#[C-])c(-c5cccc(C#N)c5)cc4-n4c5ccccc5c5ccc(-c6ccc(C#N)cc6)cc54)c3c2)cc1. The monoisotopic (exact) mass is 736 g/mol. The van der Waals surface area contributed by atoms with E-state index in [0.29, 0.717) is 22.5 Å². The fourth-order valence-corrected chi connectivity index (χ4v) is 8.29. The molecule has 10 aromatic rings. The highest BCUT2D eigenvalue weighted by molar-refractivity contribution is 6.13. The number of hydrogen-bond acceptors (Lipinski definition) is 2. The van der Waals surface area contributed by atoms with Crippen molar-refractivity contribution in [3.05, 3.63) is 204 Å². The zero-order valence-electron chi connectivity index (χ0n) is 30.8. The summed E-state index contributed by atoms with van der Waals surface area (Å²) in [6, 6.07) is 61.1. The molecule has 0 atom stereocenters. The molecule has 8 aromatic carbocycles. The number of nitriles is 2. The molecule has 58 heavy (non-hydrogen) atoms. The second-order valence-corrected chi connectivity index (χ2v) is 14.2. The van der Waals surface area contributed by atoms with E-state index in [1.165, 1.54) is 0 Å². The van der Waals surface area contributed by atoms with Gasteiger partial charge in [0.15, 0.2) is 11.4 Å². The summed E-state index contributed by atoms with van der Waals surface area (Å²) in [5.41, 5.74) is 13.3. The minimum Gasteiger partial charge on any atom is -0.308 e. The average Bonchev–Trinajstić information content (AvgIpc) is 3.80. The highest BCUT2D eigenvalue weighted by atomic mass is 15.1. The van der Waals surface area contributed by atoms with Crippen molar-refractivity contribution < 1.29 is 0 Å². The van der Waals surface area contributed by atoms with Crippen molar-refractivity contribution in [3.8, 4) is 56.9 Å². The summed E-state index contributed by atoms with van der Waals surface area (Å²) >= 11 is 0. The number of benzene rings is 8. The maximum absolute atomic E-state index is 9.88. The van der Waals surface area contributed by atoms with Gasteiger partial charge < -0.3 is 9.13 Å². The normalized spacial score (nSPS) is 11.0. The molecule has 0 radical (unpaired) electrons. The Morgan fingerprint density at radius 1 is 0.397 bits per heavy atom. The van der Waals surface area contributed by atoms with Crippen LogP contribution in [0, 0.1) is 35.8 Å². The first-order chi connectivity index (χ1) is 28.6. The molecule has 6 heteroatoms. The molecule has 0 aliphatic carbocycles. The second-order valence-electron chi connectivity index (χ2n) is 14.2. The molecule has 0 spiro atoms. The van der Waals surface area contributed by atoms with Crippen LogP contribution in [0.15, 0.2) is 170 Å². The minimum absolute atomic E-state index is 0.463. The number of para-hydroxylation sites is 2. The Labute approximate surface area is 334 Å².